The maximum Gasteiger partial charge on any atom is 0.346 e. The van der Waals surface area contributed by atoms with Crippen LogP contribution in [-0.2, 0) is 11.2 Å². The summed E-state index contributed by atoms with van der Waals surface area (Å²) in [5.41, 5.74) is 1.90. The molecular formula is C13H14O3. The second kappa shape index (κ2) is 4.47. The Labute approximate surface area is 94.4 Å². The van der Waals surface area contributed by atoms with Gasteiger partial charge >= 0.3 is 11.9 Å². The molecule has 84 valence electrons. The van der Waals surface area contributed by atoms with Crippen molar-refractivity contribution < 1.29 is 14.3 Å². The van der Waals surface area contributed by atoms with E-state index in [-0.39, 0.29) is 0 Å². The third kappa shape index (κ3) is 1.98. The monoisotopic (exact) mass is 218 g/mol. The van der Waals surface area contributed by atoms with E-state index < -0.39 is 11.9 Å². The molecule has 1 aromatic rings. The third-order valence-corrected chi connectivity index (χ3v) is 2.78. The van der Waals surface area contributed by atoms with Gasteiger partial charge in [-0.05, 0) is 30.5 Å². The summed E-state index contributed by atoms with van der Waals surface area (Å²) in [6.45, 7) is 2.15. The molecule has 0 saturated heterocycles. The van der Waals surface area contributed by atoms with Gasteiger partial charge in [0, 0.05) is 0 Å². The molecule has 0 aromatic heterocycles. The maximum absolute atomic E-state index is 11.3. The SMILES string of the molecule is CCCCCc1ccc2c(c1)C(=O)OC2=O. The molecule has 0 radical (unpaired) electrons. The second-order valence-electron chi connectivity index (χ2n) is 4.01. The fourth-order valence-electron chi connectivity index (χ4n) is 1.87. The van der Waals surface area contributed by atoms with Crippen LogP contribution < -0.4 is 0 Å². The van der Waals surface area contributed by atoms with Crippen LogP contribution in [0.25, 0.3) is 0 Å². The molecule has 0 bridgehead atoms. The summed E-state index contributed by atoms with van der Waals surface area (Å²) in [7, 11) is 0. The lowest BCUT2D eigenvalue weighted by molar-refractivity contribution is 0.0444. The molecule has 1 aliphatic heterocycles. The predicted octanol–water partition coefficient (Wildman–Crippen LogP) is 2.73. The minimum atomic E-state index is -0.528. The standard InChI is InChI=1S/C13H14O3/c1-2-3-4-5-9-6-7-10-11(8-9)13(15)16-12(10)14/h6-8H,2-5H2,1H3. The van der Waals surface area contributed by atoms with E-state index in [0.29, 0.717) is 11.1 Å². The fraction of sp³-hybridized carbons (Fsp3) is 0.385. The van der Waals surface area contributed by atoms with Crippen LogP contribution in [-0.4, -0.2) is 11.9 Å². The van der Waals surface area contributed by atoms with E-state index in [1.165, 1.54) is 12.8 Å². The Kier molecular flexibility index (Phi) is 3.04. The number of rotatable bonds is 4. The van der Waals surface area contributed by atoms with E-state index in [1.807, 2.05) is 6.07 Å². The molecule has 1 aromatic carbocycles. The normalized spacial score (nSPS) is 13.8. The van der Waals surface area contributed by atoms with E-state index in [2.05, 4.69) is 11.7 Å². The molecule has 0 unspecified atom stereocenters. The van der Waals surface area contributed by atoms with Gasteiger partial charge in [-0.1, -0.05) is 25.8 Å². The Morgan fingerprint density at radius 1 is 1.06 bits per heavy atom. The lowest BCUT2D eigenvalue weighted by Gasteiger charge is -2.01. The largest absolute Gasteiger partial charge is 0.386 e. The fourth-order valence-corrected chi connectivity index (χ4v) is 1.87. The summed E-state index contributed by atoms with van der Waals surface area (Å²) in [4.78, 5) is 22.5. The maximum atomic E-state index is 11.3. The highest BCUT2D eigenvalue weighted by atomic mass is 16.6. The van der Waals surface area contributed by atoms with E-state index >= 15 is 0 Å². The molecule has 2 rings (SSSR count). The Morgan fingerprint density at radius 2 is 1.81 bits per heavy atom. The molecule has 1 heterocycles. The molecule has 0 N–H and O–H groups in total. The van der Waals surface area contributed by atoms with Crippen molar-refractivity contribution >= 4 is 11.9 Å². The summed E-state index contributed by atoms with van der Waals surface area (Å²) in [5.74, 6) is -1.04. The van der Waals surface area contributed by atoms with Gasteiger partial charge in [0.05, 0.1) is 11.1 Å². The van der Waals surface area contributed by atoms with Gasteiger partial charge in [-0.3, -0.25) is 0 Å². The lowest BCUT2D eigenvalue weighted by atomic mass is 10.0. The number of ether oxygens (including phenoxy) is 1. The Hall–Kier alpha value is -1.64. The summed E-state index contributed by atoms with van der Waals surface area (Å²) in [6, 6.07) is 5.36. The van der Waals surface area contributed by atoms with Gasteiger partial charge in [-0.25, -0.2) is 9.59 Å². The quantitative estimate of drug-likeness (QED) is 0.443. The minimum absolute atomic E-state index is 0.393. The van der Waals surface area contributed by atoms with Gasteiger partial charge < -0.3 is 4.74 Å². The van der Waals surface area contributed by atoms with Crippen molar-refractivity contribution in [1.82, 2.24) is 0 Å². The number of benzene rings is 1. The highest BCUT2D eigenvalue weighted by Crippen LogP contribution is 2.21. The van der Waals surface area contributed by atoms with Crippen LogP contribution in [0.2, 0.25) is 0 Å². The number of carbonyl (C=O) groups is 2. The molecule has 0 fully saturated rings. The Morgan fingerprint density at radius 3 is 2.56 bits per heavy atom. The van der Waals surface area contributed by atoms with Crippen LogP contribution in [0, 0.1) is 0 Å². The topological polar surface area (TPSA) is 43.4 Å². The molecule has 0 saturated carbocycles. The van der Waals surface area contributed by atoms with Crippen molar-refractivity contribution in [3.05, 3.63) is 34.9 Å². The van der Waals surface area contributed by atoms with Crippen molar-refractivity contribution in [2.75, 3.05) is 0 Å². The van der Waals surface area contributed by atoms with Crippen molar-refractivity contribution in [3.8, 4) is 0 Å². The highest BCUT2D eigenvalue weighted by Gasteiger charge is 2.29. The van der Waals surface area contributed by atoms with Gasteiger partial charge in [-0.2, -0.15) is 0 Å². The Balaban J connectivity index is 2.16. The molecule has 3 nitrogen and oxygen atoms in total. The number of esters is 2. The van der Waals surface area contributed by atoms with Crippen LogP contribution in [0.3, 0.4) is 0 Å². The average Bonchev–Trinajstić information content (AvgIpc) is 2.55. The Bertz CT molecular complexity index is 435. The average molecular weight is 218 g/mol. The van der Waals surface area contributed by atoms with Crippen LogP contribution in [0.4, 0.5) is 0 Å². The molecule has 16 heavy (non-hydrogen) atoms. The number of hydrogen-bond donors (Lipinski definition) is 0. The minimum Gasteiger partial charge on any atom is -0.386 e. The number of unbranched alkanes of at least 4 members (excludes halogenated alkanes) is 2. The molecule has 0 aliphatic carbocycles. The number of carbonyl (C=O) groups excluding carboxylic acids is 2. The zero-order chi connectivity index (χ0) is 11.5. The number of aryl methyl sites for hydroxylation is 1. The molecule has 0 atom stereocenters. The number of cyclic esters (lactones) is 2. The molecule has 0 amide bonds. The zero-order valence-electron chi connectivity index (χ0n) is 9.29. The third-order valence-electron chi connectivity index (χ3n) is 2.78. The molecular weight excluding hydrogens is 204 g/mol. The first-order chi connectivity index (χ1) is 7.72. The number of hydrogen-bond acceptors (Lipinski definition) is 3. The predicted molar refractivity (Wildman–Crippen MR) is 59.4 cm³/mol. The summed E-state index contributed by atoms with van der Waals surface area (Å²) in [5, 5.41) is 0. The second-order valence-corrected chi connectivity index (χ2v) is 4.01. The lowest BCUT2D eigenvalue weighted by Crippen LogP contribution is -1.97. The van der Waals surface area contributed by atoms with E-state index in [1.54, 1.807) is 12.1 Å². The molecule has 3 heteroatoms. The van der Waals surface area contributed by atoms with Gasteiger partial charge in [0.25, 0.3) is 0 Å². The van der Waals surface area contributed by atoms with E-state index in [4.69, 9.17) is 0 Å². The first-order valence-corrected chi connectivity index (χ1v) is 5.62. The van der Waals surface area contributed by atoms with Gasteiger partial charge in [0.15, 0.2) is 0 Å². The zero-order valence-corrected chi connectivity index (χ0v) is 9.29. The van der Waals surface area contributed by atoms with E-state index in [0.717, 1.165) is 18.4 Å². The summed E-state index contributed by atoms with van der Waals surface area (Å²) < 4.78 is 4.53. The van der Waals surface area contributed by atoms with Gasteiger partial charge in [-0.15, -0.1) is 0 Å². The first kappa shape index (κ1) is 10.9. The van der Waals surface area contributed by atoms with Crippen molar-refractivity contribution in [1.29, 1.82) is 0 Å². The molecule has 0 spiro atoms. The summed E-state index contributed by atoms with van der Waals surface area (Å²) in [6.07, 6.45) is 4.41. The van der Waals surface area contributed by atoms with Crippen molar-refractivity contribution in [3.63, 3.8) is 0 Å². The first-order valence-electron chi connectivity index (χ1n) is 5.62. The van der Waals surface area contributed by atoms with Crippen LogP contribution in [0.5, 0.6) is 0 Å². The van der Waals surface area contributed by atoms with Crippen molar-refractivity contribution in [2.45, 2.75) is 32.6 Å². The smallest absolute Gasteiger partial charge is 0.346 e. The van der Waals surface area contributed by atoms with Crippen LogP contribution >= 0.6 is 0 Å². The molecule has 1 aliphatic rings. The summed E-state index contributed by atoms with van der Waals surface area (Å²) >= 11 is 0. The van der Waals surface area contributed by atoms with Crippen molar-refractivity contribution in [2.24, 2.45) is 0 Å². The van der Waals surface area contributed by atoms with Gasteiger partial charge in [0.1, 0.15) is 0 Å². The van der Waals surface area contributed by atoms with Gasteiger partial charge in [0.2, 0.25) is 0 Å². The van der Waals surface area contributed by atoms with Crippen LogP contribution in [0.15, 0.2) is 18.2 Å². The van der Waals surface area contributed by atoms with Crippen LogP contribution in [0.1, 0.15) is 52.5 Å². The number of fused-ring (bicyclic) bond motifs is 1. The highest BCUT2D eigenvalue weighted by molar-refractivity contribution is 6.14. The van der Waals surface area contributed by atoms with E-state index in [9.17, 15) is 9.59 Å².